The Morgan fingerprint density at radius 2 is 1.92 bits per heavy atom. The molecule has 4 heterocycles. The van der Waals surface area contributed by atoms with Crippen LogP contribution in [0.2, 0.25) is 0 Å². The highest BCUT2D eigenvalue weighted by Crippen LogP contribution is 2.25. The first kappa shape index (κ1) is 16.5. The summed E-state index contributed by atoms with van der Waals surface area (Å²) >= 11 is 0. The minimum absolute atomic E-state index is 0.410. The molecule has 3 aromatic rings. The van der Waals surface area contributed by atoms with E-state index in [1.54, 1.807) is 12.4 Å². The minimum atomic E-state index is 0.410. The quantitative estimate of drug-likeness (QED) is 0.657. The Kier molecular flexibility index (Phi) is 4.79. The van der Waals surface area contributed by atoms with Gasteiger partial charge in [-0.25, -0.2) is 9.97 Å². The van der Waals surface area contributed by atoms with Crippen LogP contribution in [0.4, 0.5) is 17.3 Å². The summed E-state index contributed by atoms with van der Waals surface area (Å²) in [6.45, 7) is 3.98. The van der Waals surface area contributed by atoms with Crippen LogP contribution in [0.15, 0.2) is 49.2 Å². The van der Waals surface area contributed by atoms with E-state index in [1.165, 1.54) is 6.42 Å². The van der Waals surface area contributed by atoms with Gasteiger partial charge < -0.3 is 20.5 Å². The smallest absolute Gasteiger partial charge is 0.150 e. The van der Waals surface area contributed by atoms with E-state index < -0.39 is 0 Å². The van der Waals surface area contributed by atoms with E-state index in [0.717, 1.165) is 42.4 Å². The molecule has 7 heteroatoms. The molecule has 1 aliphatic rings. The van der Waals surface area contributed by atoms with Gasteiger partial charge in [0.05, 0.1) is 35.7 Å². The highest BCUT2D eigenvalue weighted by atomic mass is 15.1. The van der Waals surface area contributed by atoms with E-state index in [0.29, 0.717) is 11.9 Å². The maximum atomic E-state index is 4.55. The van der Waals surface area contributed by atoms with Crippen LogP contribution in [0, 0.1) is 6.92 Å². The number of aromatic nitrogens is 4. The van der Waals surface area contributed by atoms with Crippen LogP contribution in [-0.2, 0) is 0 Å². The van der Waals surface area contributed by atoms with Crippen molar-refractivity contribution in [2.45, 2.75) is 25.8 Å². The summed E-state index contributed by atoms with van der Waals surface area (Å²) in [6, 6.07) is 6.47. The first-order valence-corrected chi connectivity index (χ1v) is 8.94. The summed E-state index contributed by atoms with van der Waals surface area (Å²) in [5, 5.41) is 10.4. The Balaban J connectivity index is 1.61. The second-order valence-electron chi connectivity index (χ2n) is 6.53. The average molecular weight is 349 g/mol. The predicted molar refractivity (Wildman–Crippen MR) is 103 cm³/mol. The summed E-state index contributed by atoms with van der Waals surface area (Å²) in [5.41, 5.74) is 2.97. The number of rotatable bonds is 5. The molecule has 0 radical (unpaired) electrons. The van der Waals surface area contributed by atoms with E-state index >= 15 is 0 Å². The lowest BCUT2D eigenvalue weighted by atomic mass is 10.1. The third kappa shape index (κ3) is 3.83. The Morgan fingerprint density at radius 1 is 1.08 bits per heavy atom. The summed E-state index contributed by atoms with van der Waals surface area (Å²) in [5.74, 6) is 1.42. The number of pyridine rings is 1. The van der Waals surface area contributed by atoms with Crippen molar-refractivity contribution in [1.82, 2.24) is 24.8 Å². The number of hydrogen-bond donors (Lipinski definition) is 3. The maximum Gasteiger partial charge on any atom is 0.150 e. The molecule has 4 rings (SSSR count). The molecular weight excluding hydrogens is 326 g/mol. The van der Waals surface area contributed by atoms with E-state index in [1.807, 2.05) is 43.7 Å². The fraction of sp³-hybridized carbons (Fsp3) is 0.316. The zero-order valence-corrected chi connectivity index (χ0v) is 14.8. The first-order chi connectivity index (χ1) is 12.8. The molecule has 1 atom stereocenters. The summed E-state index contributed by atoms with van der Waals surface area (Å²) in [4.78, 5) is 13.2. The zero-order chi connectivity index (χ0) is 17.8. The SMILES string of the molecule is Cc1cnc(Nc2cc(N[C@@H]3CCCNC3)c(-n3cccc3)cn2)cn1. The van der Waals surface area contributed by atoms with Gasteiger partial charge in [0.15, 0.2) is 0 Å². The van der Waals surface area contributed by atoms with Crippen molar-refractivity contribution in [3.8, 4) is 5.69 Å². The number of nitrogens with zero attached hydrogens (tertiary/aromatic N) is 4. The average Bonchev–Trinajstić information content (AvgIpc) is 3.19. The molecule has 0 unspecified atom stereocenters. The maximum absolute atomic E-state index is 4.55. The van der Waals surface area contributed by atoms with Crippen LogP contribution in [0.3, 0.4) is 0 Å². The molecule has 1 aliphatic heterocycles. The highest BCUT2D eigenvalue weighted by molar-refractivity contribution is 5.67. The summed E-state index contributed by atoms with van der Waals surface area (Å²) in [6.07, 6.45) is 11.7. The fourth-order valence-corrected chi connectivity index (χ4v) is 3.12. The van der Waals surface area contributed by atoms with Crippen molar-refractivity contribution in [1.29, 1.82) is 0 Å². The molecule has 0 spiro atoms. The molecule has 0 amide bonds. The molecule has 1 saturated heterocycles. The van der Waals surface area contributed by atoms with Crippen LogP contribution in [-0.4, -0.2) is 38.7 Å². The molecular formula is C19H23N7. The Labute approximate surface area is 152 Å². The van der Waals surface area contributed by atoms with Crippen LogP contribution in [0.1, 0.15) is 18.5 Å². The van der Waals surface area contributed by atoms with Gasteiger partial charge in [-0.1, -0.05) is 0 Å². The van der Waals surface area contributed by atoms with Gasteiger partial charge in [-0.05, 0) is 38.4 Å². The molecule has 7 nitrogen and oxygen atoms in total. The van der Waals surface area contributed by atoms with E-state index in [9.17, 15) is 0 Å². The summed E-state index contributed by atoms with van der Waals surface area (Å²) in [7, 11) is 0. The third-order valence-electron chi connectivity index (χ3n) is 4.46. The highest BCUT2D eigenvalue weighted by Gasteiger charge is 2.15. The fourth-order valence-electron chi connectivity index (χ4n) is 3.12. The molecule has 0 bridgehead atoms. The molecule has 1 fully saturated rings. The van der Waals surface area contributed by atoms with Gasteiger partial charge in [0, 0.05) is 31.0 Å². The van der Waals surface area contributed by atoms with Crippen molar-refractivity contribution in [2.75, 3.05) is 23.7 Å². The van der Waals surface area contributed by atoms with Gasteiger partial charge in [-0.15, -0.1) is 0 Å². The van der Waals surface area contributed by atoms with Crippen molar-refractivity contribution in [2.24, 2.45) is 0 Å². The standard InChI is InChI=1S/C19H23N7/c1-14-10-22-19(13-21-14)25-18-9-16(24-15-5-4-6-20-11-15)17(12-23-18)26-7-2-3-8-26/h2-3,7-10,12-13,15,20H,4-6,11H2,1H3,(H2,22,23,24,25)/t15-/m1/s1. The van der Waals surface area contributed by atoms with Crippen molar-refractivity contribution in [3.05, 3.63) is 54.9 Å². The second-order valence-corrected chi connectivity index (χ2v) is 6.53. The van der Waals surface area contributed by atoms with Crippen LogP contribution in [0.25, 0.3) is 5.69 Å². The lowest BCUT2D eigenvalue weighted by molar-refractivity contribution is 0.480. The van der Waals surface area contributed by atoms with Gasteiger partial charge in [-0.2, -0.15) is 0 Å². The third-order valence-corrected chi connectivity index (χ3v) is 4.46. The molecule has 26 heavy (non-hydrogen) atoms. The lowest BCUT2D eigenvalue weighted by Gasteiger charge is -2.26. The zero-order valence-electron chi connectivity index (χ0n) is 14.8. The number of aryl methyl sites for hydroxylation is 1. The molecule has 3 aromatic heterocycles. The van der Waals surface area contributed by atoms with E-state index in [-0.39, 0.29) is 0 Å². The van der Waals surface area contributed by atoms with E-state index in [2.05, 4.69) is 35.5 Å². The van der Waals surface area contributed by atoms with Gasteiger partial charge in [-0.3, -0.25) is 4.98 Å². The molecule has 0 saturated carbocycles. The largest absolute Gasteiger partial charge is 0.379 e. The van der Waals surface area contributed by atoms with Crippen LogP contribution < -0.4 is 16.0 Å². The molecule has 0 aromatic carbocycles. The number of hydrogen-bond acceptors (Lipinski definition) is 6. The summed E-state index contributed by atoms with van der Waals surface area (Å²) < 4.78 is 2.07. The number of anilines is 3. The van der Waals surface area contributed by atoms with Gasteiger partial charge >= 0.3 is 0 Å². The van der Waals surface area contributed by atoms with Gasteiger partial charge in [0.2, 0.25) is 0 Å². The molecule has 134 valence electrons. The molecule has 0 aliphatic carbocycles. The van der Waals surface area contributed by atoms with Crippen molar-refractivity contribution < 1.29 is 0 Å². The Bertz CT molecular complexity index is 837. The minimum Gasteiger partial charge on any atom is -0.379 e. The number of nitrogens with one attached hydrogen (secondary N) is 3. The van der Waals surface area contributed by atoms with Gasteiger partial charge in [0.25, 0.3) is 0 Å². The normalized spacial score (nSPS) is 17.0. The lowest BCUT2D eigenvalue weighted by Crippen LogP contribution is -2.38. The predicted octanol–water partition coefficient (Wildman–Crippen LogP) is 2.88. The number of piperidine rings is 1. The van der Waals surface area contributed by atoms with Crippen LogP contribution in [0.5, 0.6) is 0 Å². The Hall–Kier alpha value is -2.93. The first-order valence-electron chi connectivity index (χ1n) is 8.94. The Morgan fingerprint density at radius 3 is 2.65 bits per heavy atom. The topological polar surface area (TPSA) is 79.7 Å². The molecule has 3 N–H and O–H groups in total. The second kappa shape index (κ2) is 7.53. The van der Waals surface area contributed by atoms with E-state index in [4.69, 9.17) is 0 Å². The van der Waals surface area contributed by atoms with Crippen LogP contribution >= 0.6 is 0 Å². The van der Waals surface area contributed by atoms with Crippen molar-refractivity contribution in [3.63, 3.8) is 0 Å². The van der Waals surface area contributed by atoms with Gasteiger partial charge in [0.1, 0.15) is 11.6 Å². The monoisotopic (exact) mass is 349 g/mol. The van der Waals surface area contributed by atoms with Crippen molar-refractivity contribution >= 4 is 17.3 Å².